The number of para-hydroxylation sites is 1. The molecule has 0 N–H and O–H groups in total. The van der Waals surface area contributed by atoms with Crippen LogP contribution in [0.2, 0.25) is 0 Å². The molecule has 0 radical (unpaired) electrons. The largest absolute Gasteiger partial charge is 0.425 e. The highest BCUT2D eigenvalue weighted by Crippen LogP contribution is 2.09. The zero-order valence-corrected chi connectivity index (χ0v) is 7.14. The van der Waals surface area contributed by atoms with Crippen LogP contribution in [0.5, 0.6) is 5.75 Å². The van der Waals surface area contributed by atoms with Crippen LogP contribution in [0.4, 0.5) is 0 Å². The molecule has 0 heterocycles. The van der Waals surface area contributed by atoms with Gasteiger partial charge < -0.3 is 4.74 Å². The van der Waals surface area contributed by atoms with Gasteiger partial charge in [0.05, 0.1) is 0 Å². The SMILES string of the molecule is CC(N=O)C(=O)Oc1ccccc1. The van der Waals surface area contributed by atoms with Gasteiger partial charge in [-0.25, -0.2) is 4.79 Å². The number of hydrogen-bond donors (Lipinski definition) is 0. The van der Waals surface area contributed by atoms with Crippen molar-refractivity contribution in [2.75, 3.05) is 0 Å². The molecule has 0 fully saturated rings. The minimum absolute atomic E-state index is 0.419. The number of benzene rings is 1. The number of carbonyl (C=O) groups excluding carboxylic acids is 1. The highest BCUT2D eigenvalue weighted by atomic mass is 16.5. The summed E-state index contributed by atoms with van der Waals surface area (Å²) in [7, 11) is 0. The molecule has 0 spiro atoms. The Hall–Kier alpha value is -1.71. The van der Waals surface area contributed by atoms with Gasteiger partial charge in [0.2, 0.25) is 0 Å². The van der Waals surface area contributed by atoms with Gasteiger partial charge in [0.25, 0.3) is 0 Å². The minimum atomic E-state index is -0.958. The molecule has 0 bridgehead atoms. The van der Waals surface area contributed by atoms with E-state index in [1.54, 1.807) is 30.3 Å². The average Bonchev–Trinajstić information content (AvgIpc) is 2.18. The van der Waals surface area contributed by atoms with Gasteiger partial charge >= 0.3 is 5.97 Å². The van der Waals surface area contributed by atoms with Gasteiger partial charge in [-0.3, -0.25) is 0 Å². The summed E-state index contributed by atoms with van der Waals surface area (Å²) in [5.41, 5.74) is 0. The van der Waals surface area contributed by atoms with Crippen LogP contribution in [0.3, 0.4) is 0 Å². The van der Waals surface area contributed by atoms with Crippen LogP contribution in [0.25, 0.3) is 0 Å². The van der Waals surface area contributed by atoms with Gasteiger partial charge in [0.15, 0.2) is 6.04 Å². The molecule has 0 aliphatic carbocycles. The zero-order chi connectivity index (χ0) is 9.68. The van der Waals surface area contributed by atoms with E-state index in [4.69, 9.17) is 4.74 Å². The van der Waals surface area contributed by atoms with Crippen LogP contribution in [0, 0.1) is 4.91 Å². The van der Waals surface area contributed by atoms with Gasteiger partial charge in [-0.15, -0.1) is 4.91 Å². The maximum atomic E-state index is 11.0. The first-order valence-electron chi connectivity index (χ1n) is 3.83. The molecule has 0 aliphatic rings. The lowest BCUT2D eigenvalue weighted by Gasteiger charge is -2.03. The molecule has 0 amide bonds. The third-order valence-electron chi connectivity index (χ3n) is 1.46. The highest BCUT2D eigenvalue weighted by molar-refractivity contribution is 5.77. The summed E-state index contributed by atoms with van der Waals surface area (Å²) in [6.45, 7) is 1.39. The molecule has 1 aromatic carbocycles. The number of nitroso groups, excluding NO2 is 1. The Kier molecular flexibility index (Phi) is 3.14. The summed E-state index contributed by atoms with van der Waals surface area (Å²) in [6.07, 6.45) is 0. The Morgan fingerprint density at radius 2 is 2.00 bits per heavy atom. The van der Waals surface area contributed by atoms with E-state index in [1.807, 2.05) is 0 Å². The van der Waals surface area contributed by atoms with Crippen molar-refractivity contribution < 1.29 is 9.53 Å². The molecule has 1 unspecified atom stereocenters. The average molecular weight is 179 g/mol. The van der Waals surface area contributed by atoms with Crippen molar-refractivity contribution in [3.63, 3.8) is 0 Å². The van der Waals surface area contributed by atoms with Crippen LogP contribution in [0.1, 0.15) is 6.92 Å². The molecule has 68 valence electrons. The minimum Gasteiger partial charge on any atom is -0.425 e. The predicted octanol–water partition coefficient (Wildman–Crippen LogP) is 1.75. The molecule has 0 aromatic heterocycles. The quantitative estimate of drug-likeness (QED) is 0.403. The molecule has 1 rings (SSSR count). The summed E-state index contributed by atoms with van der Waals surface area (Å²) in [6, 6.07) is 7.59. The monoisotopic (exact) mass is 179 g/mol. The van der Waals surface area contributed by atoms with Crippen LogP contribution < -0.4 is 4.74 Å². The first-order valence-corrected chi connectivity index (χ1v) is 3.83. The summed E-state index contributed by atoms with van der Waals surface area (Å²) in [5.74, 6) is -0.218. The standard InChI is InChI=1S/C9H9NO3/c1-7(10-12)9(11)13-8-5-3-2-4-6-8/h2-7H,1H3. The van der Waals surface area contributed by atoms with Gasteiger partial charge in [-0.05, 0) is 19.1 Å². The van der Waals surface area contributed by atoms with Gasteiger partial charge in [-0.1, -0.05) is 23.4 Å². The zero-order valence-electron chi connectivity index (χ0n) is 7.14. The number of hydrogen-bond acceptors (Lipinski definition) is 4. The summed E-state index contributed by atoms with van der Waals surface area (Å²) in [5, 5.41) is 2.56. The van der Waals surface area contributed by atoms with E-state index < -0.39 is 12.0 Å². The summed E-state index contributed by atoms with van der Waals surface area (Å²) in [4.78, 5) is 21.0. The van der Waals surface area contributed by atoms with Crippen molar-refractivity contribution in [1.82, 2.24) is 0 Å². The smallest absolute Gasteiger partial charge is 0.339 e. The Balaban J connectivity index is 2.60. The first kappa shape index (κ1) is 9.38. The van der Waals surface area contributed by atoms with Crippen molar-refractivity contribution in [3.8, 4) is 5.75 Å². The van der Waals surface area contributed by atoms with E-state index in [1.165, 1.54) is 6.92 Å². The van der Waals surface area contributed by atoms with Gasteiger partial charge in [-0.2, -0.15) is 0 Å². The number of esters is 1. The van der Waals surface area contributed by atoms with E-state index in [-0.39, 0.29) is 0 Å². The number of ether oxygens (including phenoxy) is 1. The van der Waals surface area contributed by atoms with E-state index >= 15 is 0 Å². The lowest BCUT2D eigenvalue weighted by Crippen LogP contribution is -2.20. The normalized spacial score (nSPS) is 11.8. The summed E-state index contributed by atoms with van der Waals surface area (Å²) < 4.78 is 4.83. The predicted molar refractivity (Wildman–Crippen MR) is 47.3 cm³/mol. The van der Waals surface area contributed by atoms with Crippen LogP contribution in [0.15, 0.2) is 35.5 Å². The molecule has 13 heavy (non-hydrogen) atoms. The molecular weight excluding hydrogens is 170 g/mol. The maximum Gasteiger partial charge on any atom is 0.339 e. The van der Waals surface area contributed by atoms with Gasteiger partial charge in [0.1, 0.15) is 5.75 Å². The Morgan fingerprint density at radius 3 is 2.54 bits per heavy atom. The lowest BCUT2D eigenvalue weighted by molar-refractivity contribution is -0.135. The van der Waals surface area contributed by atoms with Crippen LogP contribution in [-0.4, -0.2) is 12.0 Å². The van der Waals surface area contributed by atoms with Crippen molar-refractivity contribution in [3.05, 3.63) is 35.2 Å². The number of rotatable bonds is 3. The van der Waals surface area contributed by atoms with E-state index in [9.17, 15) is 9.70 Å². The second-order valence-corrected chi connectivity index (χ2v) is 2.52. The Labute approximate surface area is 75.5 Å². The molecule has 0 saturated heterocycles. The Morgan fingerprint density at radius 1 is 1.38 bits per heavy atom. The number of nitrogens with zero attached hydrogens (tertiary/aromatic N) is 1. The van der Waals surface area contributed by atoms with Crippen molar-refractivity contribution in [2.24, 2.45) is 5.18 Å². The maximum absolute atomic E-state index is 11.0. The Bertz CT molecular complexity index is 297. The number of carbonyl (C=O) groups is 1. The van der Waals surface area contributed by atoms with Crippen LogP contribution in [-0.2, 0) is 4.79 Å². The molecule has 4 nitrogen and oxygen atoms in total. The third-order valence-corrected chi connectivity index (χ3v) is 1.46. The van der Waals surface area contributed by atoms with Crippen molar-refractivity contribution in [1.29, 1.82) is 0 Å². The van der Waals surface area contributed by atoms with E-state index in [0.29, 0.717) is 5.75 Å². The van der Waals surface area contributed by atoms with E-state index in [2.05, 4.69) is 5.18 Å². The fraction of sp³-hybridized carbons (Fsp3) is 0.222. The van der Waals surface area contributed by atoms with Crippen molar-refractivity contribution in [2.45, 2.75) is 13.0 Å². The highest BCUT2D eigenvalue weighted by Gasteiger charge is 2.14. The van der Waals surface area contributed by atoms with Gasteiger partial charge in [0, 0.05) is 0 Å². The fourth-order valence-corrected chi connectivity index (χ4v) is 0.733. The molecule has 1 aromatic rings. The topological polar surface area (TPSA) is 55.7 Å². The second-order valence-electron chi connectivity index (χ2n) is 2.52. The molecule has 0 aliphatic heterocycles. The molecule has 1 atom stereocenters. The molecular formula is C9H9NO3. The molecule has 4 heteroatoms. The fourth-order valence-electron chi connectivity index (χ4n) is 0.733. The van der Waals surface area contributed by atoms with Crippen molar-refractivity contribution >= 4 is 5.97 Å². The van der Waals surface area contributed by atoms with Crippen LogP contribution >= 0.6 is 0 Å². The summed E-state index contributed by atoms with van der Waals surface area (Å²) >= 11 is 0. The lowest BCUT2D eigenvalue weighted by atomic mass is 10.3. The third kappa shape index (κ3) is 2.66. The second kappa shape index (κ2) is 4.35. The first-order chi connectivity index (χ1) is 6.24. The van der Waals surface area contributed by atoms with E-state index in [0.717, 1.165) is 0 Å². The molecule has 0 saturated carbocycles.